The van der Waals surface area contributed by atoms with Crippen molar-refractivity contribution in [3.05, 3.63) is 71.8 Å². The van der Waals surface area contributed by atoms with Crippen molar-refractivity contribution in [2.45, 2.75) is 82.0 Å². The van der Waals surface area contributed by atoms with Gasteiger partial charge in [0.05, 0.1) is 17.1 Å². The summed E-state index contributed by atoms with van der Waals surface area (Å²) < 4.78 is 54.8. The number of aliphatic hydroxyl groups is 1. The lowest BCUT2D eigenvalue weighted by Gasteiger charge is -2.64. The molecule has 0 aromatic heterocycles. The third-order valence-electron chi connectivity index (χ3n) is 9.90. The van der Waals surface area contributed by atoms with Gasteiger partial charge in [-0.3, -0.25) is 14.5 Å². The van der Waals surface area contributed by atoms with Crippen molar-refractivity contribution in [3.8, 4) is 17.2 Å². The number of likely N-dealkylation sites (tertiary alicyclic amines) is 1. The van der Waals surface area contributed by atoms with E-state index in [1.165, 1.54) is 37.3 Å². The van der Waals surface area contributed by atoms with Crippen LogP contribution in [-0.4, -0.2) is 76.6 Å². The third kappa shape index (κ3) is 5.37. The van der Waals surface area contributed by atoms with E-state index >= 15 is 0 Å². The normalized spacial score (nSPS) is 28.0. The molecule has 1 saturated carbocycles. The first kappa shape index (κ1) is 32.1. The van der Waals surface area contributed by atoms with Crippen LogP contribution in [0.25, 0.3) is 6.08 Å². The van der Waals surface area contributed by atoms with E-state index in [0.717, 1.165) is 11.1 Å². The first-order chi connectivity index (χ1) is 21.8. The molecule has 4 aliphatic rings. The number of alkyl halides is 3. The van der Waals surface area contributed by atoms with Gasteiger partial charge >= 0.3 is 12.3 Å². The number of amides is 1. The first-order valence-electron chi connectivity index (χ1n) is 15.7. The van der Waals surface area contributed by atoms with E-state index in [0.29, 0.717) is 62.4 Å². The molecule has 1 N–H and O–H groups in total. The van der Waals surface area contributed by atoms with Crippen LogP contribution < -0.4 is 14.2 Å². The molecule has 8 nitrogen and oxygen atoms in total. The Bertz CT molecular complexity index is 1570. The van der Waals surface area contributed by atoms with Crippen LogP contribution in [0.1, 0.15) is 56.7 Å². The predicted molar refractivity (Wildman–Crippen MR) is 164 cm³/mol. The van der Waals surface area contributed by atoms with Crippen molar-refractivity contribution >= 4 is 18.0 Å². The summed E-state index contributed by atoms with van der Waals surface area (Å²) in [5, 5.41) is 12.8. The molecule has 1 spiro atoms. The van der Waals surface area contributed by atoms with Gasteiger partial charge in [0.25, 0.3) is 0 Å². The molecule has 0 unspecified atom stereocenters. The molecule has 2 aliphatic carbocycles. The molecule has 46 heavy (non-hydrogen) atoms. The zero-order valence-corrected chi connectivity index (χ0v) is 26.2. The highest BCUT2D eigenvalue weighted by Crippen LogP contribution is 2.66. The summed E-state index contributed by atoms with van der Waals surface area (Å²) in [7, 11) is 0. The van der Waals surface area contributed by atoms with Crippen LogP contribution in [-0.2, 0) is 21.4 Å². The van der Waals surface area contributed by atoms with Gasteiger partial charge in [0.15, 0.2) is 11.5 Å². The quantitative estimate of drug-likeness (QED) is 0.170. The topological polar surface area (TPSA) is 88.5 Å². The Labute approximate surface area is 266 Å². The zero-order chi connectivity index (χ0) is 33.0. The monoisotopic (exact) mass is 640 g/mol. The Balaban J connectivity index is 1.39. The van der Waals surface area contributed by atoms with Gasteiger partial charge < -0.3 is 24.2 Å². The lowest BCUT2D eigenvalue weighted by atomic mass is 9.48. The number of benzene rings is 2. The number of hydrogen-bond acceptors (Lipinski definition) is 7. The Morgan fingerprint density at radius 2 is 2.02 bits per heavy atom. The largest absolute Gasteiger partial charge is 0.573 e. The van der Waals surface area contributed by atoms with Gasteiger partial charge in [0.1, 0.15) is 11.9 Å². The van der Waals surface area contributed by atoms with E-state index in [-0.39, 0.29) is 23.6 Å². The average molecular weight is 641 g/mol. The van der Waals surface area contributed by atoms with E-state index in [9.17, 15) is 27.9 Å². The molecule has 2 aromatic rings. The molecular formula is C35H39F3N2O6. The number of carbonyl (C=O) groups excluding carboxylic acids is 2. The van der Waals surface area contributed by atoms with E-state index < -0.39 is 35.5 Å². The number of piperidine rings is 1. The summed E-state index contributed by atoms with van der Waals surface area (Å²) in [5.74, 6) is -0.348. The van der Waals surface area contributed by atoms with Crippen LogP contribution >= 0.6 is 0 Å². The van der Waals surface area contributed by atoms with Crippen molar-refractivity contribution in [2.75, 3.05) is 19.6 Å². The van der Waals surface area contributed by atoms with Gasteiger partial charge in [-0.05, 0) is 73.5 Å². The Kier molecular flexibility index (Phi) is 8.21. The Morgan fingerprint density at radius 1 is 1.24 bits per heavy atom. The second-order valence-corrected chi connectivity index (χ2v) is 13.2. The fraction of sp³-hybridized carbons (Fsp3) is 0.486. The number of nitrogens with zero attached hydrogens (tertiary/aromatic N) is 2. The number of esters is 1. The molecule has 2 bridgehead atoms. The summed E-state index contributed by atoms with van der Waals surface area (Å²) >= 11 is 0. The highest BCUT2D eigenvalue weighted by molar-refractivity contribution is 5.92. The van der Waals surface area contributed by atoms with Crippen molar-refractivity contribution in [1.29, 1.82) is 0 Å². The van der Waals surface area contributed by atoms with Crippen molar-refractivity contribution in [2.24, 2.45) is 5.92 Å². The van der Waals surface area contributed by atoms with Crippen LogP contribution in [0.3, 0.4) is 0 Å². The fourth-order valence-electron chi connectivity index (χ4n) is 8.39. The maximum Gasteiger partial charge on any atom is 0.573 e. The molecule has 6 rings (SSSR count). The number of carbonyl (C=O) groups is 2. The molecule has 1 saturated heterocycles. The smallest absolute Gasteiger partial charge is 0.483 e. The zero-order valence-electron chi connectivity index (χ0n) is 26.2. The lowest BCUT2D eigenvalue weighted by molar-refractivity contribution is -0.274. The molecule has 11 heteroatoms. The molecule has 0 radical (unpaired) electrons. The van der Waals surface area contributed by atoms with Gasteiger partial charge in [-0.1, -0.05) is 38.1 Å². The van der Waals surface area contributed by atoms with E-state index in [1.807, 2.05) is 26.0 Å². The van der Waals surface area contributed by atoms with Crippen LogP contribution in [0, 0.1) is 5.92 Å². The van der Waals surface area contributed by atoms with E-state index in [1.54, 1.807) is 17.0 Å². The maximum absolute atomic E-state index is 14.0. The molecule has 2 heterocycles. The minimum Gasteiger partial charge on any atom is -0.483 e. The second kappa shape index (κ2) is 11.8. The fourth-order valence-corrected chi connectivity index (χ4v) is 8.39. The molecule has 2 aromatic carbocycles. The van der Waals surface area contributed by atoms with E-state index in [2.05, 4.69) is 16.2 Å². The van der Waals surface area contributed by atoms with E-state index in [4.69, 9.17) is 9.47 Å². The van der Waals surface area contributed by atoms with Crippen LogP contribution in [0.15, 0.2) is 55.1 Å². The molecule has 246 valence electrons. The lowest BCUT2D eigenvalue weighted by Crippen LogP contribution is -2.78. The Morgan fingerprint density at radius 3 is 2.72 bits per heavy atom. The predicted octanol–water partition coefficient (Wildman–Crippen LogP) is 5.42. The summed E-state index contributed by atoms with van der Waals surface area (Å²) in [6.45, 7) is 11.0. The van der Waals surface area contributed by atoms with Gasteiger partial charge in [-0.15, -0.1) is 19.8 Å². The van der Waals surface area contributed by atoms with Gasteiger partial charge in [0, 0.05) is 37.7 Å². The van der Waals surface area contributed by atoms with Gasteiger partial charge in [-0.25, -0.2) is 0 Å². The van der Waals surface area contributed by atoms with Crippen LogP contribution in [0.5, 0.6) is 17.2 Å². The summed E-state index contributed by atoms with van der Waals surface area (Å²) in [4.78, 5) is 30.1. The molecule has 2 aliphatic heterocycles. The van der Waals surface area contributed by atoms with Gasteiger partial charge in [0.2, 0.25) is 5.91 Å². The molecule has 2 fully saturated rings. The number of rotatable bonds is 9. The van der Waals surface area contributed by atoms with Crippen LogP contribution in [0.4, 0.5) is 13.2 Å². The van der Waals surface area contributed by atoms with Crippen molar-refractivity contribution in [1.82, 2.24) is 9.80 Å². The standard InChI is InChI=1S/C35H39F3N2O6/c1-5-16-39-17-15-33-30-24-10-11-27(44-22(4)41)31(30)45-32(33)26(13-14-34(33,43)28(39)19-24)40(20-21(2)3)29(42)12-9-23-7-6-8-25(18-23)46-35(36,37)38/h5-12,18,21,26,28,32,43H,1,13-17,19-20H2,2-4H3/t26-,28+,32-,33-,34+/m0/s1. The third-order valence-corrected chi connectivity index (χ3v) is 9.90. The van der Waals surface area contributed by atoms with Gasteiger partial charge in [-0.2, -0.15) is 0 Å². The SMILES string of the molecule is C=CCN1CC[C@]23c4c5ccc(OC(C)=O)c4O[C@H]2[C@@H](N(CC(C)C)C(=O)C=Cc2cccc(OC(F)(F)F)c2)CC[C@@]3(O)[C@H]1C5. The summed E-state index contributed by atoms with van der Waals surface area (Å²) in [5.41, 5.74) is 0.261. The average Bonchev–Trinajstić information content (AvgIpc) is 3.32. The summed E-state index contributed by atoms with van der Waals surface area (Å²) in [6.07, 6.45) is 1.30. The number of hydrogen-bond donors (Lipinski definition) is 1. The van der Waals surface area contributed by atoms with Crippen LogP contribution in [0.2, 0.25) is 0 Å². The highest BCUT2D eigenvalue weighted by Gasteiger charge is 2.73. The van der Waals surface area contributed by atoms with Crippen molar-refractivity contribution in [3.63, 3.8) is 0 Å². The minimum absolute atomic E-state index is 0.0867. The maximum atomic E-state index is 14.0. The van der Waals surface area contributed by atoms with Crippen molar-refractivity contribution < 1.29 is 42.1 Å². The number of halogens is 3. The second-order valence-electron chi connectivity index (χ2n) is 13.2. The number of ether oxygens (including phenoxy) is 3. The Hall–Kier alpha value is -3.83. The highest BCUT2D eigenvalue weighted by atomic mass is 19.4. The molecule has 1 amide bonds. The molecule has 5 atom stereocenters. The molecular weight excluding hydrogens is 601 g/mol. The minimum atomic E-state index is -4.83. The first-order valence-corrected chi connectivity index (χ1v) is 15.7. The summed E-state index contributed by atoms with van der Waals surface area (Å²) in [6, 6.07) is 8.51.